The number of carbonyl (C=O) groups excluding carboxylic acids is 1. The average molecular weight is 469 g/mol. The summed E-state index contributed by atoms with van der Waals surface area (Å²) >= 11 is 0. The number of hydrogen-bond acceptors (Lipinski definition) is 5. The van der Waals surface area contributed by atoms with E-state index in [2.05, 4.69) is 15.0 Å². The molecule has 2 aromatic heterocycles. The second-order valence-electron chi connectivity index (χ2n) is 8.68. The molecule has 0 saturated heterocycles. The zero-order valence-electron chi connectivity index (χ0n) is 19.1. The van der Waals surface area contributed by atoms with Crippen molar-refractivity contribution in [3.05, 3.63) is 54.5 Å². The summed E-state index contributed by atoms with van der Waals surface area (Å²) in [7, 11) is 0. The van der Waals surface area contributed by atoms with E-state index in [0.717, 1.165) is 19.4 Å². The topological polar surface area (TPSA) is 90.9 Å². The summed E-state index contributed by atoms with van der Waals surface area (Å²) in [6.07, 6.45) is -1.68. The molecule has 0 aliphatic heterocycles. The number of H-pyrrole nitrogens is 1. The molecular formula is C23H23F3N3NaO3. The van der Waals surface area contributed by atoms with E-state index in [1.165, 1.54) is 26.2 Å². The van der Waals surface area contributed by atoms with Gasteiger partial charge in [-0.15, -0.1) is 0 Å². The largest absolute Gasteiger partial charge is 1.00 e. The first-order chi connectivity index (χ1) is 14.8. The maximum absolute atomic E-state index is 13.2. The van der Waals surface area contributed by atoms with Crippen LogP contribution in [0, 0.1) is 5.41 Å². The Bertz CT molecular complexity index is 1090. The van der Waals surface area contributed by atoms with Crippen molar-refractivity contribution in [2.75, 3.05) is 6.61 Å². The molecule has 0 aliphatic rings. The Hall–Kier alpha value is -2.36. The molecule has 0 atom stereocenters. The molecule has 0 bridgehead atoms. The molecule has 10 heteroatoms. The second-order valence-corrected chi connectivity index (χ2v) is 8.68. The van der Waals surface area contributed by atoms with Crippen LogP contribution in [-0.2, 0) is 10.2 Å². The third-order valence-corrected chi connectivity index (χ3v) is 5.30. The van der Waals surface area contributed by atoms with Gasteiger partial charge in [0.2, 0.25) is 0 Å². The number of aliphatic carboxylic acids is 1. The van der Waals surface area contributed by atoms with Gasteiger partial charge in [0.05, 0.1) is 18.3 Å². The van der Waals surface area contributed by atoms with Crippen LogP contribution in [0.5, 0.6) is 5.75 Å². The van der Waals surface area contributed by atoms with Crippen LogP contribution < -0.4 is 39.4 Å². The van der Waals surface area contributed by atoms with E-state index in [1.807, 2.05) is 0 Å². The number of hydrogen-bond donors (Lipinski definition) is 1. The summed E-state index contributed by atoms with van der Waals surface area (Å²) in [5, 5.41) is 11.0. The molecular weight excluding hydrogens is 446 g/mol. The average Bonchev–Trinajstić information content (AvgIpc) is 3.23. The van der Waals surface area contributed by atoms with Crippen molar-refractivity contribution in [2.45, 2.75) is 39.3 Å². The SMILES string of the molecule is CC(C)(COc1ccc(-c2ccc(-c3ncc(C(C)(C)C(F)(F)F)[nH]3)cn2)cc1)C(=O)[O-].[Na+]. The number of aromatic nitrogens is 3. The molecule has 33 heavy (non-hydrogen) atoms. The molecule has 1 N–H and O–H groups in total. The number of nitrogens with zero attached hydrogens (tertiary/aromatic N) is 2. The first-order valence-corrected chi connectivity index (χ1v) is 9.84. The van der Waals surface area contributed by atoms with Gasteiger partial charge in [0.25, 0.3) is 0 Å². The Labute approximate surface area is 211 Å². The van der Waals surface area contributed by atoms with Gasteiger partial charge in [-0.1, -0.05) is 13.8 Å². The summed E-state index contributed by atoms with van der Waals surface area (Å²) in [6, 6.07) is 10.4. The zero-order valence-corrected chi connectivity index (χ0v) is 21.1. The minimum atomic E-state index is -4.41. The molecule has 0 radical (unpaired) electrons. The second kappa shape index (κ2) is 9.87. The summed E-state index contributed by atoms with van der Waals surface area (Å²) in [4.78, 5) is 22.2. The number of carboxylic acids is 1. The molecule has 3 rings (SSSR count). The van der Waals surface area contributed by atoms with E-state index in [1.54, 1.807) is 36.4 Å². The van der Waals surface area contributed by atoms with Gasteiger partial charge in [0, 0.05) is 34.6 Å². The van der Waals surface area contributed by atoms with Crippen molar-refractivity contribution < 1.29 is 57.4 Å². The standard InChI is InChI=1S/C23H24F3N3O3.Na/c1-21(2,20(30)31)13-32-16-8-5-14(6-9-16)17-10-7-15(11-27-17)19-28-12-18(29-19)22(3,4)23(24,25)26;/h5-12H,13H2,1-4H3,(H,28,29)(H,30,31);/q;+1/p-1. The summed E-state index contributed by atoms with van der Waals surface area (Å²) < 4.78 is 45.3. The predicted octanol–water partition coefficient (Wildman–Crippen LogP) is 1.14. The Balaban J connectivity index is 0.00000385. The molecule has 170 valence electrons. The molecule has 1 aromatic carbocycles. The first kappa shape index (κ1) is 26.9. The number of benzene rings is 1. The molecule has 6 nitrogen and oxygen atoms in total. The maximum atomic E-state index is 13.2. The number of carboxylic acid groups (broad SMARTS) is 1. The molecule has 0 unspecified atom stereocenters. The van der Waals surface area contributed by atoms with Gasteiger partial charge in [-0.3, -0.25) is 4.98 Å². The zero-order chi connectivity index (χ0) is 23.7. The third-order valence-electron chi connectivity index (χ3n) is 5.30. The predicted molar refractivity (Wildman–Crippen MR) is 111 cm³/mol. The number of ether oxygens (including phenoxy) is 1. The molecule has 0 fully saturated rings. The van der Waals surface area contributed by atoms with Crippen molar-refractivity contribution in [2.24, 2.45) is 5.41 Å². The van der Waals surface area contributed by atoms with E-state index in [9.17, 15) is 23.1 Å². The number of aromatic amines is 1. The van der Waals surface area contributed by atoms with E-state index in [4.69, 9.17) is 4.74 Å². The minimum Gasteiger partial charge on any atom is -0.549 e. The van der Waals surface area contributed by atoms with E-state index >= 15 is 0 Å². The molecule has 3 aromatic rings. The number of nitrogens with one attached hydrogen (secondary N) is 1. The smallest absolute Gasteiger partial charge is 0.549 e. The number of carbonyl (C=O) groups is 1. The van der Waals surface area contributed by atoms with Crippen LogP contribution in [0.25, 0.3) is 22.6 Å². The van der Waals surface area contributed by atoms with Crippen LogP contribution in [0.2, 0.25) is 0 Å². The fraction of sp³-hybridized carbons (Fsp3) is 0.348. The summed E-state index contributed by atoms with van der Waals surface area (Å²) in [6.45, 7) is 5.21. The minimum absolute atomic E-state index is 0. The molecule has 0 spiro atoms. The van der Waals surface area contributed by atoms with Gasteiger partial charge in [-0.2, -0.15) is 13.2 Å². The van der Waals surface area contributed by atoms with Crippen molar-refractivity contribution in [1.29, 1.82) is 0 Å². The van der Waals surface area contributed by atoms with Crippen molar-refractivity contribution in [1.82, 2.24) is 15.0 Å². The van der Waals surface area contributed by atoms with Crippen LogP contribution in [0.1, 0.15) is 33.4 Å². The Morgan fingerprint density at radius 2 is 1.58 bits per heavy atom. The number of imidazole rings is 1. The molecule has 2 heterocycles. The number of halogens is 3. The molecule has 0 saturated carbocycles. The number of pyridine rings is 1. The van der Waals surface area contributed by atoms with Gasteiger partial charge in [0.1, 0.15) is 17.0 Å². The van der Waals surface area contributed by atoms with Crippen molar-refractivity contribution >= 4 is 5.97 Å². The van der Waals surface area contributed by atoms with Gasteiger partial charge < -0.3 is 19.6 Å². The van der Waals surface area contributed by atoms with Gasteiger partial charge in [-0.05, 0) is 50.2 Å². The third kappa shape index (κ3) is 5.96. The van der Waals surface area contributed by atoms with Crippen LogP contribution >= 0.6 is 0 Å². The molecule has 0 amide bonds. The monoisotopic (exact) mass is 469 g/mol. The van der Waals surface area contributed by atoms with Crippen molar-refractivity contribution in [3.63, 3.8) is 0 Å². The summed E-state index contributed by atoms with van der Waals surface area (Å²) in [5.74, 6) is -0.380. The van der Waals surface area contributed by atoms with Crippen LogP contribution in [0.4, 0.5) is 13.2 Å². The van der Waals surface area contributed by atoms with Gasteiger partial charge >= 0.3 is 35.7 Å². The normalized spacial score (nSPS) is 12.2. The maximum Gasteiger partial charge on any atom is 1.00 e. The first-order valence-electron chi connectivity index (χ1n) is 9.84. The Morgan fingerprint density at radius 3 is 2.09 bits per heavy atom. The van der Waals surface area contributed by atoms with Gasteiger partial charge in [-0.25, -0.2) is 4.98 Å². The Morgan fingerprint density at radius 1 is 0.970 bits per heavy atom. The van der Waals surface area contributed by atoms with Crippen LogP contribution in [-0.4, -0.2) is 33.7 Å². The van der Waals surface area contributed by atoms with Crippen LogP contribution in [0.3, 0.4) is 0 Å². The van der Waals surface area contributed by atoms with Crippen LogP contribution in [0.15, 0.2) is 48.8 Å². The fourth-order valence-corrected chi connectivity index (χ4v) is 2.69. The van der Waals surface area contributed by atoms with E-state index in [0.29, 0.717) is 22.8 Å². The van der Waals surface area contributed by atoms with Gasteiger partial charge in [0.15, 0.2) is 0 Å². The number of alkyl halides is 3. The summed E-state index contributed by atoms with van der Waals surface area (Å²) in [5.41, 5.74) is -1.19. The molecule has 0 aliphatic carbocycles. The quantitative estimate of drug-likeness (QED) is 0.524. The fourth-order valence-electron chi connectivity index (χ4n) is 2.69. The van der Waals surface area contributed by atoms with E-state index in [-0.39, 0.29) is 41.9 Å². The van der Waals surface area contributed by atoms with E-state index < -0.39 is 23.0 Å². The Kier molecular flexibility index (Phi) is 8.04. The van der Waals surface area contributed by atoms with Crippen molar-refractivity contribution in [3.8, 4) is 28.4 Å². The number of rotatable bonds is 7.